The van der Waals surface area contributed by atoms with Crippen molar-refractivity contribution in [2.75, 3.05) is 10.6 Å². The van der Waals surface area contributed by atoms with Crippen molar-refractivity contribution in [2.45, 2.75) is 19.8 Å². The molecule has 130 valence electrons. The molecular formula is C18H15Cl3N2O2. The minimum atomic E-state index is -1.08. The van der Waals surface area contributed by atoms with Gasteiger partial charge in [0.25, 0.3) is 0 Å². The van der Waals surface area contributed by atoms with Crippen LogP contribution in [0.4, 0.5) is 11.4 Å². The zero-order chi connectivity index (χ0) is 18.2. The molecule has 0 bridgehead atoms. The van der Waals surface area contributed by atoms with Gasteiger partial charge in [-0.15, -0.1) is 0 Å². The number of amides is 2. The molecule has 0 aromatic heterocycles. The molecule has 2 N–H and O–H groups in total. The monoisotopic (exact) mass is 396 g/mol. The van der Waals surface area contributed by atoms with Crippen LogP contribution < -0.4 is 10.6 Å². The smallest absolute Gasteiger partial charge is 0.240 e. The molecule has 1 aliphatic carbocycles. The summed E-state index contributed by atoms with van der Waals surface area (Å²) in [5, 5.41) is 6.86. The van der Waals surface area contributed by atoms with E-state index in [0.29, 0.717) is 39.3 Å². The molecular weight excluding hydrogens is 383 g/mol. The molecule has 0 unspecified atom stereocenters. The van der Waals surface area contributed by atoms with Crippen LogP contribution in [0, 0.1) is 12.3 Å². The lowest BCUT2D eigenvalue weighted by atomic mass is 10.0. The second-order valence-corrected chi connectivity index (χ2v) is 7.39. The first-order valence-corrected chi connectivity index (χ1v) is 8.79. The van der Waals surface area contributed by atoms with Gasteiger partial charge < -0.3 is 10.6 Å². The third kappa shape index (κ3) is 3.92. The second-order valence-electron chi connectivity index (χ2n) is 6.11. The predicted octanol–water partition coefficient (Wildman–Crippen LogP) is 5.31. The van der Waals surface area contributed by atoms with Crippen molar-refractivity contribution in [3.63, 3.8) is 0 Å². The zero-order valence-electron chi connectivity index (χ0n) is 13.3. The van der Waals surface area contributed by atoms with Crippen LogP contribution in [0.3, 0.4) is 0 Å². The maximum Gasteiger partial charge on any atom is 0.240 e. The minimum Gasteiger partial charge on any atom is -0.325 e. The Morgan fingerprint density at radius 3 is 1.96 bits per heavy atom. The lowest BCUT2D eigenvalue weighted by Crippen LogP contribution is -2.35. The molecule has 0 heterocycles. The quantitative estimate of drug-likeness (QED) is 0.687. The molecule has 2 aromatic rings. The fourth-order valence-electron chi connectivity index (χ4n) is 2.48. The number of anilines is 2. The van der Waals surface area contributed by atoms with Crippen molar-refractivity contribution in [2.24, 2.45) is 5.41 Å². The van der Waals surface area contributed by atoms with E-state index in [1.165, 1.54) is 0 Å². The molecule has 25 heavy (non-hydrogen) atoms. The van der Waals surface area contributed by atoms with Gasteiger partial charge in [-0.3, -0.25) is 9.59 Å². The highest BCUT2D eigenvalue weighted by Gasteiger charge is 2.56. The van der Waals surface area contributed by atoms with Crippen molar-refractivity contribution < 1.29 is 9.59 Å². The Labute approximate surface area is 160 Å². The fourth-order valence-corrected chi connectivity index (χ4v) is 3.19. The van der Waals surface area contributed by atoms with Gasteiger partial charge in [0.05, 0.1) is 0 Å². The third-order valence-electron chi connectivity index (χ3n) is 4.17. The first kappa shape index (κ1) is 18.1. The van der Waals surface area contributed by atoms with Gasteiger partial charge in [0.1, 0.15) is 5.41 Å². The van der Waals surface area contributed by atoms with E-state index < -0.39 is 5.41 Å². The molecule has 0 radical (unpaired) electrons. The molecule has 4 nitrogen and oxygen atoms in total. The lowest BCUT2D eigenvalue weighted by molar-refractivity contribution is -0.131. The number of rotatable bonds is 4. The number of carbonyl (C=O) groups excluding carboxylic acids is 2. The largest absolute Gasteiger partial charge is 0.325 e. The molecule has 1 aliphatic rings. The highest BCUT2D eigenvalue weighted by Crippen LogP contribution is 2.47. The van der Waals surface area contributed by atoms with E-state index in [9.17, 15) is 9.59 Å². The summed E-state index contributed by atoms with van der Waals surface area (Å²) in [5.41, 5.74) is 0.855. The number of nitrogens with one attached hydrogen (secondary N) is 2. The second kappa shape index (κ2) is 6.87. The number of benzene rings is 2. The van der Waals surface area contributed by atoms with Gasteiger partial charge in [0.15, 0.2) is 0 Å². The van der Waals surface area contributed by atoms with Crippen LogP contribution in [-0.4, -0.2) is 11.8 Å². The first-order chi connectivity index (χ1) is 11.8. The summed E-state index contributed by atoms with van der Waals surface area (Å²) in [6, 6.07) is 9.96. The van der Waals surface area contributed by atoms with E-state index >= 15 is 0 Å². The zero-order valence-corrected chi connectivity index (χ0v) is 15.6. The maximum atomic E-state index is 12.6. The normalized spacial score (nSPS) is 14.7. The van der Waals surface area contributed by atoms with E-state index in [0.717, 1.165) is 5.56 Å². The van der Waals surface area contributed by atoms with E-state index in [-0.39, 0.29) is 11.8 Å². The number of hydrogen-bond donors (Lipinski definition) is 2. The van der Waals surface area contributed by atoms with Gasteiger partial charge in [-0.05, 0) is 55.7 Å². The molecule has 1 saturated carbocycles. The lowest BCUT2D eigenvalue weighted by Gasteiger charge is -2.16. The van der Waals surface area contributed by atoms with Crippen LogP contribution in [0.2, 0.25) is 15.1 Å². The van der Waals surface area contributed by atoms with Crippen molar-refractivity contribution in [3.05, 3.63) is 57.0 Å². The van der Waals surface area contributed by atoms with Gasteiger partial charge >= 0.3 is 0 Å². The number of aryl methyl sites for hydroxylation is 1. The van der Waals surface area contributed by atoms with Crippen LogP contribution in [0.25, 0.3) is 0 Å². The van der Waals surface area contributed by atoms with Crippen molar-refractivity contribution in [1.82, 2.24) is 0 Å². The number of hydrogen-bond acceptors (Lipinski definition) is 2. The topological polar surface area (TPSA) is 58.2 Å². The Balaban J connectivity index is 1.73. The Kier molecular flexibility index (Phi) is 4.96. The van der Waals surface area contributed by atoms with Crippen molar-refractivity contribution in [1.29, 1.82) is 0 Å². The van der Waals surface area contributed by atoms with E-state index in [4.69, 9.17) is 34.8 Å². The summed E-state index contributed by atoms with van der Waals surface area (Å²) in [5.74, 6) is -0.723. The molecule has 3 rings (SSSR count). The van der Waals surface area contributed by atoms with Gasteiger partial charge in [0.2, 0.25) is 11.8 Å². The Bertz CT molecular complexity index is 843. The SMILES string of the molecule is Cc1ccc(NC(=O)C2(C(=O)Nc3cc(Cl)cc(Cl)c3)CC2)cc1Cl. The Morgan fingerprint density at radius 1 is 0.880 bits per heavy atom. The standard InChI is InChI=1S/C18H15Cl3N2O2/c1-10-2-3-13(9-15(10)21)22-16(24)18(4-5-18)17(25)23-14-7-11(19)6-12(20)8-14/h2-3,6-9H,4-5H2,1H3,(H,22,24)(H,23,25). The van der Waals surface area contributed by atoms with Crippen molar-refractivity contribution >= 4 is 58.0 Å². The summed E-state index contributed by atoms with van der Waals surface area (Å²) < 4.78 is 0. The summed E-state index contributed by atoms with van der Waals surface area (Å²) in [6.45, 7) is 1.87. The molecule has 0 spiro atoms. The number of halogens is 3. The maximum absolute atomic E-state index is 12.6. The Morgan fingerprint density at radius 2 is 1.44 bits per heavy atom. The molecule has 0 saturated heterocycles. The van der Waals surface area contributed by atoms with E-state index in [2.05, 4.69) is 10.6 Å². The molecule has 2 aromatic carbocycles. The predicted molar refractivity (Wildman–Crippen MR) is 102 cm³/mol. The molecule has 0 atom stereocenters. The fraction of sp³-hybridized carbons (Fsp3) is 0.222. The van der Waals surface area contributed by atoms with Crippen LogP contribution >= 0.6 is 34.8 Å². The Hall–Kier alpha value is -1.75. The summed E-state index contributed by atoms with van der Waals surface area (Å²) in [4.78, 5) is 25.2. The van der Waals surface area contributed by atoms with Crippen LogP contribution in [0.5, 0.6) is 0 Å². The molecule has 7 heteroatoms. The minimum absolute atomic E-state index is 0.349. The number of carbonyl (C=O) groups is 2. The highest BCUT2D eigenvalue weighted by molar-refractivity contribution is 6.35. The first-order valence-electron chi connectivity index (χ1n) is 7.65. The van der Waals surface area contributed by atoms with Crippen molar-refractivity contribution in [3.8, 4) is 0 Å². The summed E-state index contributed by atoms with van der Waals surface area (Å²) in [6.07, 6.45) is 0.969. The molecule has 0 aliphatic heterocycles. The average Bonchev–Trinajstić information content (AvgIpc) is 3.31. The van der Waals surface area contributed by atoms with Crippen LogP contribution in [-0.2, 0) is 9.59 Å². The van der Waals surface area contributed by atoms with Gasteiger partial charge in [-0.25, -0.2) is 0 Å². The molecule has 1 fully saturated rings. The molecule has 2 amide bonds. The highest BCUT2D eigenvalue weighted by atomic mass is 35.5. The van der Waals surface area contributed by atoms with Crippen LogP contribution in [0.1, 0.15) is 18.4 Å². The average molecular weight is 398 g/mol. The van der Waals surface area contributed by atoms with E-state index in [1.54, 1.807) is 30.3 Å². The third-order valence-corrected chi connectivity index (χ3v) is 5.01. The van der Waals surface area contributed by atoms with Gasteiger partial charge in [-0.2, -0.15) is 0 Å². The summed E-state index contributed by atoms with van der Waals surface area (Å²) >= 11 is 17.9. The van der Waals surface area contributed by atoms with Gasteiger partial charge in [0, 0.05) is 26.4 Å². The van der Waals surface area contributed by atoms with Gasteiger partial charge in [-0.1, -0.05) is 40.9 Å². The van der Waals surface area contributed by atoms with Crippen LogP contribution in [0.15, 0.2) is 36.4 Å². The summed E-state index contributed by atoms with van der Waals surface area (Å²) in [7, 11) is 0. The van der Waals surface area contributed by atoms with E-state index in [1.807, 2.05) is 13.0 Å².